The minimum atomic E-state index is -0.0649. The zero-order valence-corrected chi connectivity index (χ0v) is 18.9. The first-order chi connectivity index (χ1) is 15.8. The van der Waals surface area contributed by atoms with Crippen LogP contribution >= 0.6 is 11.3 Å². The molecule has 5 rings (SSSR count). The van der Waals surface area contributed by atoms with Crippen molar-refractivity contribution < 1.29 is 4.79 Å². The second-order valence-electron chi connectivity index (χ2n) is 8.48. The minimum absolute atomic E-state index is 0.0649. The van der Waals surface area contributed by atoms with Gasteiger partial charge < -0.3 is 15.2 Å². The zero-order chi connectivity index (χ0) is 21.8. The van der Waals surface area contributed by atoms with Gasteiger partial charge in [-0.3, -0.25) is 4.79 Å². The second kappa shape index (κ2) is 9.67. The number of fused-ring (bicyclic) bond motifs is 1. The van der Waals surface area contributed by atoms with Crippen molar-refractivity contribution in [2.24, 2.45) is 0 Å². The molecule has 2 aromatic heterocycles. The van der Waals surface area contributed by atoms with Gasteiger partial charge in [0.15, 0.2) is 0 Å². The highest BCUT2D eigenvalue weighted by molar-refractivity contribution is 7.07. The number of piperidine rings is 1. The molecule has 1 aliphatic heterocycles. The summed E-state index contributed by atoms with van der Waals surface area (Å²) in [6, 6.07) is 19.2. The quantitative estimate of drug-likeness (QED) is 0.440. The van der Waals surface area contributed by atoms with Gasteiger partial charge in [-0.1, -0.05) is 48.5 Å². The first-order valence-corrected chi connectivity index (χ1v) is 12.2. The number of para-hydroxylation sites is 1. The van der Waals surface area contributed by atoms with Crippen molar-refractivity contribution in [1.29, 1.82) is 0 Å². The standard InChI is InChI=1S/C26H28N4OS/c31-26(29-20-10-12-27-13-11-20)14-22(24-17-32-18-28-24)23-16-30(15-19-6-2-1-3-7-19)25-9-5-4-8-21(23)25/h1-9,16-18,20,22,27H,10-15H2,(H,29,31). The predicted molar refractivity (Wildman–Crippen MR) is 130 cm³/mol. The van der Waals surface area contributed by atoms with E-state index >= 15 is 0 Å². The Hall–Kier alpha value is -2.96. The first-order valence-electron chi connectivity index (χ1n) is 11.3. The number of rotatable bonds is 7. The maximum Gasteiger partial charge on any atom is 0.221 e. The third-order valence-corrected chi connectivity index (χ3v) is 6.90. The van der Waals surface area contributed by atoms with Crippen molar-refractivity contribution in [1.82, 2.24) is 20.2 Å². The summed E-state index contributed by atoms with van der Waals surface area (Å²) in [5, 5.41) is 9.89. The molecule has 2 N–H and O–H groups in total. The van der Waals surface area contributed by atoms with E-state index < -0.39 is 0 Å². The average molecular weight is 445 g/mol. The Morgan fingerprint density at radius 2 is 1.91 bits per heavy atom. The van der Waals surface area contributed by atoms with E-state index in [2.05, 4.69) is 80.3 Å². The number of nitrogens with zero attached hydrogens (tertiary/aromatic N) is 2. The van der Waals surface area contributed by atoms with Gasteiger partial charge in [-0.05, 0) is 43.1 Å². The Labute approximate surface area is 192 Å². The van der Waals surface area contributed by atoms with E-state index in [1.165, 1.54) is 22.0 Å². The number of carbonyl (C=O) groups is 1. The SMILES string of the molecule is O=C(CC(c1cscn1)c1cn(Cc2ccccc2)c2ccccc12)NC1CCNCC1. The Bertz CT molecular complexity index is 1160. The van der Waals surface area contributed by atoms with Gasteiger partial charge in [0.2, 0.25) is 5.91 Å². The summed E-state index contributed by atoms with van der Waals surface area (Å²) >= 11 is 1.58. The number of thiazole rings is 1. The molecule has 1 aliphatic rings. The average Bonchev–Trinajstić information content (AvgIpc) is 3.48. The zero-order valence-electron chi connectivity index (χ0n) is 18.0. The van der Waals surface area contributed by atoms with Crippen LogP contribution in [0.2, 0.25) is 0 Å². The van der Waals surface area contributed by atoms with Crippen LogP contribution in [0.1, 0.15) is 42.0 Å². The van der Waals surface area contributed by atoms with E-state index in [1.54, 1.807) is 11.3 Å². The van der Waals surface area contributed by atoms with Crippen LogP contribution in [0.15, 0.2) is 71.7 Å². The Morgan fingerprint density at radius 3 is 2.69 bits per heavy atom. The number of hydrogen-bond acceptors (Lipinski definition) is 4. The van der Waals surface area contributed by atoms with E-state index in [0.717, 1.165) is 38.2 Å². The topological polar surface area (TPSA) is 59.0 Å². The second-order valence-corrected chi connectivity index (χ2v) is 9.20. The first kappa shape index (κ1) is 20.9. The molecule has 32 heavy (non-hydrogen) atoms. The monoisotopic (exact) mass is 444 g/mol. The fourth-order valence-electron chi connectivity index (χ4n) is 4.67. The summed E-state index contributed by atoms with van der Waals surface area (Å²) in [6.07, 6.45) is 4.61. The van der Waals surface area contributed by atoms with Gasteiger partial charge >= 0.3 is 0 Å². The molecule has 0 saturated carbocycles. The highest BCUT2D eigenvalue weighted by Crippen LogP contribution is 2.35. The number of amides is 1. The molecule has 3 heterocycles. The van der Waals surface area contributed by atoms with Crippen LogP contribution in [0.4, 0.5) is 0 Å². The molecule has 0 aliphatic carbocycles. The molecule has 1 atom stereocenters. The Balaban J connectivity index is 1.47. The maximum atomic E-state index is 13.1. The lowest BCUT2D eigenvalue weighted by Gasteiger charge is -2.24. The van der Waals surface area contributed by atoms with Crippen molar-refractivity contribution in [2.45, 2.75) is 37.8 Å². The molecule has 1 saturated heterocycles. The molecule has 5 nitrogen and oxygen atoms in total. The summed E-state index contributed by atoms with van der Waals surface area (Å²) in [6.45, 7) is 2.73. The van der Waals surface area contributed by atoms with Crippen molar-refractivity contribution in [3.63, 3.8) is 0 Å². The minimum Gasteiger partial charge on any atom is -0.353 e. The van der Waals surface area contributed by atoms with E-state index in [1.807, 2.05) is 11.6 Å². The van der Waals surface area contributed by atoms with Crippen molar-refractivity contribution in [3.8, 4) is 0 Å². The van der Waals surface area contributed by atoms with Crippen LogP contribution in [-0.4, -0.2) is 34.6 Å². The molecule has 1 fully saturated rings. The molecule has 0 spiro atoms. The van der Waals surface area contributed by atoms with E-state index in [-0.39, 0.29) is 17.9 Å². The smallest absolute Gasteiger partial charge is 0.221 e. The van der Waals surface area contributed by atoms with Crippen LogP contribution in [-0.2, 0) is 11.3 Å². The van der Waals surface area contributed by atoms with Gasteiger partial charge in [0.25, 0.3) is 0 Å². The molecule has 1 unspecified atom stereocenters. The summed E-state index contributed by atoms with van der Waals surface area (Å²) < 4.78 is 2.30. The molecule has 2 aromatic carbocycles. The molecule has 164 valence electrons. The van der Waals surface area contributed by atoms with E-state index in [0.29, 0.717) is 6.42 Å². The van der Waals surface area contributed by atoms with Crippen LogP contribution in [0, 0.1) is 0 Å². The molecule has 6 heteroatoms. The van der Waals surface area contributed by atoms with Gasteiger partial charge in [-0.25, -0.2) is 4.98 Å². The molecular formula is C26H28N4OS. The normalized spacial score (nSPS) is 15.6. The molecule has 1 amide bonds. The highest BCUT2D eigenvalue weighted by Gasteiger charge is 2.25. The van der Waals surface area contributed by atoms with Gasteiger partial charge in [0.1, 0.15) is 0 Å². The third kappa shape index (κ3) is 4.61. The van der Waals surface area contributed by atoms with Crippen molar-refractivity contribution >= 4 is 28.1 Å². The summed E-state index contributed by atoms with van der Waals surface area (Å²) in [5.41, 5.74) is 6.44. The largest absolute Gasteiger partial charge is 0.353 e. The van der Waals surface area contributed by atoms with E-state index in [9.17, 15) is 4.79 Å². The lowest BCUT2D eigenvalue weighted by Crippen LogP contribution is -2.43. The Morgan fingerprint density at radius 1 is 1.12 bits per heavy atom. The maximum absolute atomic E-state index is 13.1. The summed E-state index contributed by atoms with van der Waals surface area (Å²) in [4.78, 5) is 17.7. The van der Waals surface area contributed by atoms with Crippen LogP contribution in [0.5, 0.6) is 0 Å². The lowest BCUT2D eigenvalue weighted by molar-refractivity contribution is -0.122. The summed E-state index contributed by atoms with van der Waals surface area (Å²) in [7, 11) is 0. The van der Waals surface area contributed by atoms with Gasteiger partial charge in [0.05, 0.1) is 11.2 Å². The highest BCUT2D eigenvalue weighted by atomic mass is 32.1. The third-order valence-electron chi connectivity index (χ3n) is 6.29. The lowest BCUT2D eigenvalue weighted by atomic mass is 9.92. The molecule has 0 bridgehead atoms. The molecular weight excluding hydrogens is 416 g/mol. The Kier molecular flexibility index (Phi) is 6.32. The predicted octanol–water partition coefficient (Wildman–Crippen LogP) is 4.54. The summed E-state index contributed by atoms with van der Waals surface area (Å²) in [5.74, 6) is 0.0414. The number of aromatic nitrogens is 2. The van der Waals surface area contributed by atoms with Crippen LogP contribution in [0.25, 0.3) is 10.9 Å². The van der Waals surface area contributed by atoms with Gasteiger partial charge in [-0.2, -0.15) is 0 Å². The van der Waals surface area contributed by atoms with Gasteiger partial charge in [0, 0.05) is 47.4 Å². The van der Waals surface area contributed by atoms with Crippen molar-refractivity contribution in [3.05, 3.63) is 88.5 Å². The number of hydrogen-bond donors (Lipinski definition) is 2. The van der Waals surface area contributed by atoms with E-state index in [4.69, 9.17) is 0 Å². The molecule has 0 radical (unpaired) electrons. The number of carbonyl (C=O) groups excluding carboxylic acids is 1. The van der Waals surface area contributed by atoms with Crippen LogP contribution in [0.3, 0.4) is 0 Å². The van der Waals surface area contributed by atoms with Gasteiger partial charge in [-0.15, -0.1) is 11.3 Å². The number of benzene rings is 2. The van der Waals surface area contributed by atoms with Crippen molar-refractivity contribution in [2.75, 3.05) is 13.1 Å². The molecule has 4 aromatic rings. The fraction of sp³-hybridized carbons (Fsp3) is 0.308. The van der Waals surface area contributed by atoms with Crippen LogP contribution < -0.4 is 10.6 Å². The fourth-order valence-corrected chi connectivity index (χ4v) is 5.28. The number of nitrogens with one attached hydrogen (secondary N) is 2.